The fourth-order valence-corrected chi connectivity index (χ4v) is 2.05. The lowest BCUT2D eigenvalue weighted by Gasteiger charge is -2.12. The van der Waals surface area contributed by atoms with Crippen molar-refractivity contribution in [2.75, 3.05) is 0 Å². The van der Waals surface area contributed by atoms with Crippen molar-refractivity contribution in [3.05, 3.63) is 69.0 Å². The molecule has 0 atom stereocenters. The lowest BCUT2D eigenvalue weighted by molar-refractivity contribution is 0.642. The molecule has 6 nitrogen and oxygen atoms in total. The van der Waals surface area contributed by atoms with E-state index in [0.717, 1.165) is 10.1 Å². The second-order valence-corrected chi connectivity index (χ2v) is 4.47. The third-order valence-electron chi connectivity index (χ3n) is 3.13. The Balaban J connectivity index is 2.18. The number of rotatable bonds is 2. The highest BCUT2D eigenvalue weighted by Crippen LogP contribution is 2.12. The maximum absolute atomic E-state index is 12.0. The summed E-state index contributed by atoms with van der Waals surface area (Å²) in [5.41, 5.74) is 0.479. The van der Waals surface area contributed by atoms with Crippen molar-refractivity contribution in [1.82, 2.24) is 19.3 Å². The third-order valence-corrected chi connectivity index (χ3v) is 3.13. The summed E-state index contributed by atoms with van der Waals surface area (Å²) in [7, 11) is 1.42. The molecule has 2 aliphatic heterocycles. The van der Waals surface area contributed by atoms with Gasteiger partial charge in [-0.3, -0.25) is 9.36 Å². The number of nitrogens with zero attached hydrogens (tertiary/aromatic N) is 4. The van der Waals surface area contributed by atoms with E-state index >= 15 is 0 Å². The average Bonchev–Trinajstić information content (AvgIpc) is 2.47. The Morgan fingerprint density at radius 1 is 1.10 bits per heavy atom. The smallest absolute Gasteiger partial charge is 0.268 e. The summed E-state index contributed by atoms with van der Waals surface area (Å²) < 4.78 is 2.56. The molecule has 3 rings (SSSR count). The zero-order valence-electron chi connectivity index (χ0n) is 10.9. The van der Waals surface area contributed by atoms with Gasteiger partial charge in [-0.2, -0.15) is 10.1 Å². The number of aromatic nitrogens is 4. The SMILES string of the molecule is Cn1c(=O)nc2n(Cc3ccccc3)nccc-2c1=O. The second-order valence-electron chi connectivity index (χ2n) is 4.47. The zero-order valence-corrected chi connectivity index (χ0v) is 10.9. The van der Waals surface area contributed by atoms with Crippen LogP contribution in [-0.2, 0) is 13.6 Å². The van der Waals surface area contributed by atoms with Gasteiger partial charge in [-0.25, -0.2) is 9.48 Å². The van der Waals surface area contributed by atoms with Crippen LogP contribution in [0.25, 0.3) is 11.4 Å². The Kier molecular flexibility index (Phi) is 2.90. The minimum Gasteiger partial charge on any atom is -0.268 e. The first-order valence-electron chi connectivity index (χ1n) is 6.13. The van der Waals surface area contributed by atoms with Gasteiger partial charge < -0.3 is 0 Å². The van der Waals surface area contributed by atoms with Crippen LogP contribution in [0, 0.1) is 0 Å². The topological polar surface area (TPSA) is 69.8 Å². The molecule has 2 heterocycles. The van der Waals surface area contributed by atoms with Crippen LogP contribution in [0.2, 0.25) is 0 Å². The van der Waals surface area contributed by atoms with Crippen molar-refractivity contribution in [2.24, 2.45) is 7.05 Å². The lowest BCUT2D eigenvalue weighted by Crippen LogP contribution is -2.36. The van der Waals surface area contributed by atoms with Crippen LogP contribution in [0.1, 0.15) is 5.56 Å². The highest BCUT2D eigenvalue weighted by atomic mass is 16.2. The molecule has 6 heteroatoms. The minimum absolute atomic E-state index is 0.310. The van der Waals surface area contributed by atoms with E-state index in [4.69, 9.17) is 0 Å². The molecule has 20 heavy (non-hydrogen) atoms. The maximum atomic E-state index is 12.0. The van der Waals surface area contributed by atoms with E-state index in [1.165, 1.54) is 7.05 Å². The molecule has 0 radical (unpaired) electrons. The molecule has 0 bridgehead atoms. The Morgan fingerprint density at radius 3 is 2.60 bits per heavy atom. The van der Waals surface area contributed by atoms with Gasteiger partial charge >= 0.3 is 5.69 Å². The molecule has 0 fully saturated rings. The molecule has 1 aromatic carbocycles. The van der Waals surface area contributed by atoms with Crippen LogP contribution >= 0.6 is 0 Å². The molecule has 0 aromatic heterocycles. The predicted octanol–water partition coefficient (Wildman–Crippen LogP) is 0.490. The van der Waals surface area contributed by atoms with Gasteiger partial charge in [-0.1, -0.05) is 30.3 Å². The average molecular weight is 268 g/mol. The van der Waals surface area contributed by atoms with E-state index in [9.17, 15) is 9.59 Å². The van der Waals surface area contributed by atoms with Gasteiger partial charge in [-0.05, 0) is 11.6 Å². The zero-order chi connectivity index (χ0) is 14.1. The molecule has 1 aromatic rings. The van der Waals surface area contributed by atoms with Crippen LogP contribution < -0.4 is 11.2 Å². The minimum atomic E-state index is -0.572. The first kappa shape index (κ1) is 12.3. The van der Waals surface area contributed by atoms with Crippen molar-refractivity contribution in [2.45, 2.75) is 6.54 Å². The van der Waals surface area contributed by atoms with Crippen LogP contribution in [0.4, 0.5) is 0 Å². The Hall–Kier alpha value is -2.76. The van der Waals surface area contributed by atoms with Crippen LogP contribution in [0.15, 0.2) is 52.2 Å². The maximum Gasteiger partial charge on any atom is 0.352 e. The van der Waals surface area contributed by atoms with E-state index < -0.39 is 5.69 Å². The highest BCUT2D eigenvalue weighted by Gasteiger charge is 2.15. The molecule has 100 valence electrons. The summed E-state index contributed by atoms with van der Waals surface area (Å²) in [6.45, 7) is 0.456. The summed E-state index contributed by atoms with van der Waals surface area (Å²) in [6.07, 6.45) is 1.54. The van der Waals surface area contributed by atoms with Gasteiger partial charge in [-0.15, -0.1) is 0 Å². The molecule has 0 N–H and O–H groups in total. The normalized spacial score (nSPS) is 10.8. The summed E-state index contributed by atoms with van der Waals surface area (Å²) in [5.74, 6) is 0.310. The molecular weight excluding hydrogens is 256 g/mol. The van der Waals surface area contributed by atoms with Crippen molar-refractivity contribution in [3.63, 3.8) is 0 Å². The van der Waals surface area contributed by atoms with Gasteiger partial charge in [0.05, 0.1) is 12.1 Å². The number of hydrogen-bond donors (Lipinski definition) is 0. The Labute approximate surface area is 114 Å². The number of fused-ring (bicyclic) bond motifs is 1. The van der Waals surface area contributed by atoms with Gasteiger partial charge in [0.2, 0.25) is 0 Å². The van der Waals surface area contributed by atoms with E-state index in [0.29, 0.717) is 17.9 Å². The van der Waals surface area contributed by atoms with E-state index in [1.54, 1.807) is 16.9 Å². The molecule has 0 unspecified atom stereocenters. The van der Waals surface area contributed by atoms with Gasteiger partial charge in [0.25, 0.3) is 5.56 Å². The number of benzene rings is 1. The van der Waals surface area contributed by atoms with Crippen LogP contribution in [0.5, 0.6) is 0 Å². The molecule has 0 spiro atoms. The Bertz CT molecular complexity index is 836. The van der Waals surface area contributed by atoms with Gasteiger partial charge in [0, 0.05) is 13.2 Å². The van der Waals surface area contributed by atoms with Gasteiger partial charge in [0.15, 0.2) is 5.82 Å². The highest BCUT2D eigenvalue weighted by molar-refractivity contribution is 5.53. The van der Waals surface area contributed by atoms with Crippen LogP contribution in [0.3, 0.4) is 0 Å². The van der Waals surface area contributed by atoms with Gasteiger partial charge in [0.1, 0.15) is 0 Å². The van der Waals surface area contributed by atoms with Crippen molar-refractivity contribution >= 4 is 0 Å². The molecule has 0 saturated carbocycles. The largest absolute Gasteiger partial charge is 0.352 e. The first-order chi connectivity index (χ1) is 9.66. The Morgan fingerprint density at radius 2 is 1.85 bits per heavy atom. The fraction of sp³-hybridized carbons (Fsp3) is 0.143. The standard InChI is InChI=1S/C14H12N4O2/c1-17-13(19)11-7-8-15-18(12(11)16-14(17)20)9-10-5-3-2-4-6-10/h2-8H,9H2,1H3. The summed E-state index contributed by atoms with van der Waals surface area (Å²) in [5, 5.41) is 4.18. The van der Waals surface area contributed by atoms with E-state index in [2.05, 4.69) is 10.1 Å². The third kappa shape index (κ3) is 2.01. The van der Waals surface area contributed by atoms with Crippen molar-refractivity contribution in [3.8, 4) is 11.4 Å². The monoisotopic (exact) mass is 268 g/mol. The molecule has 0 amide bonds. The molecule has 2 aliphatic rings. The molecule has 0 saturated heterocycles. The number of hydrogen-bond acceptors (Lipinski definition) is 4. The first-order valence-corrected chi connectivity index (χ1v) is 6.13. The lowest BCUT2D eigenvalue weighted by atomic mass is 10.2. The summed E-state index contributed by atoms with van der Waals surface area (Å²) >= 11 is 0. The molecular formula is C14H12N4O2. The van der Waals surface area contributed by atoms with Crippen molar-refractivity contribution < 1.29 is 0 Å². The quantitative estimate of drug-likeness (QED) is 0.678. The second kappa shape index (κ2) is 4.73. The summed E-state index contributed by atoms with van der Waals surface area (Å²) in [4.78, 5) is 27.6. The molecule has 0 aliphatic carbocycles. The van der Waals surface area contributed by atoms with Crippen molar-refractivity contribution in [1.29, 1.82) is 0 Å². The predicted molar refractivity (Wildman–Crippen MR) is 73.7 cm³/mol. The summed E-state index contributed by atoms with van der Waals surface area (Å²) in [6, 6.07) is 11.2. The fourth-order valence-electron chi connectivity index (χ4n) is 2.05. The van der Waals surface area contributed by atoms with Crippen LogP contribution in [-0.4, -0.2) is 19.3 Å². The van der Waals surface area contributed by atoms with E-state index in [1.807, 2.05) is 30.3 Å². The van der Waals surface area contributed by atoms with E-state index in [-0.39, 0.29) is 5.56 Å².